The average Bonchev–Trinajstić information content (AvgIpc) is 2.93. The number of hydrogen-bond donors (Lipinski definition) is 0. The van der Waals surface area contributed by atoms with Gasteiger partial charge in [0.25, 0.3) is 5.91 Å². The molecule has 0 atom stereocenters. The van der Waals surface area contributed by atoms with Gasteiger partial charge < -0.3 is 9.47 Å². The van der Waals surface area contributed by atoms with Gasteiger partial charge in [0.15, 0.2) is 5.17 Å². The molecule has 0 radical (unpaired) electrons. The molecular weight excluding hydrogens is 452 g/mol. The molecule has 0 saturated carbocycles. The highest BCUT2D eigenvalue weighted by Crippen LogP contribution is 2.36. The van der Waals surface area contributed by atoms with E-state index in [-0.39, 0.29) is 5.91 Å². The first-order valence-corrected chi connectivity index (χ1v) is 9.85. The molecule has 0 aliphatic carbocycles. The highest BCUT2D eigenvalue weighted by Gasteiger charge is 2.30. The molecule has 2 aromatic rings. The van der Waals surface area contributed by atoms with Crippen LogP contribution in [0.2, 0.25) is 5.02 Å². The fourth-order valence-electron chi connectivity index (χ4n) is 2.40. The fourth-order valence-corrected chi connectivity index (χ4v) is 3.79. The second-order valence-electron chi connectivity index (χ2n) is 5.58. The van der Waals surface area contributed by atoms with Crippen molar-refractivity contribution in [2.24, 2.45) is 4.99 Å². The van der Waals surface area contributed by atoms with E-state index in [0.29, 0.717) is 32.3 Å². The van der Waals surface area contributed by atoms with Crippen molar-refractivity contribution < 1.29 is 14.3 Å². The second-order valence-corrected chi connectivity index (χ2v) is 7.85. The quantitative estimate of drug-likeness (QED) is 0.569. The summed E-state index contributed by atoms with van der Waals surface area (Å²) in [5.41, 5.74) is 1.46. The van der Waals surface area contributed by atoms with Crippen molar-refractivity contribution in [1.82, 2.24) is 4.90 Å². The van der Waals surface area contributed by atoms with E-state index >= 15 is 0 Å². The van der Waals surface area contributed by atoms with Crippen molar-refractivity contribution in [1.29, 1.82) is 0 Å². The van der Waals surface area contributed by atoms with Gasteiger partial charge in [-0.15, -0.1) is 0 Å². The Kier molecular flexibility index (Phi) is 6.14. The van der Waals surface area contributed by atoms with Crippen LogP contribution < -0.4 is 9.47 Å². The van der Waals surface area contributed by atoms with E-state index in [9.17, 15) is 4.79 Å². The number of halogens is 2. The molecule has 0 N–H and O–H groups in total. The fraction of sp³-hybridized carbons (Fsp3) is 0.158. The molecule has 1 saturated heterocycles. The number of likely N-dealkylation sites (N-methyl/N-ethyl adjacent to an activating group) is 1. The van der Waals surface area contributed by atoms with Crippen LogP contribution >= 0.6 is 39.3 Å². The van der Waals surface area contributed by atoms with Gasteiger partial charge in [-0.1, -0.05) is 11.6 Å². The zero-order valence-electron chi connectivity index (χ0n) is 14.8. The molecule has 1 aliphatic heterocycles. The lowest BCUT2D eigenvalue weighted by atomic mass is 10.1. The van der Waals surface area contributed by atoms with Gasteiger partial charge in [0.1, 0.15) is 11.5 Å². The van der Waals surface area contributed by atoms with Crippen LogP contribution in [0.1, 0.15) is 5.56 Å². The van der Waals surface area contributed by atoms with Gasteiger partial charge in [0.05, 0.1) is 29.8 Å². The van der Waals surface area contributed by atoms with E-state index in [1.54, 1.807) is 39.5 Å². The summed E-state index contributed by atoms with van der Waals surface area (Å²) in [4.78, 5) is 19.2. The maximum atomic E-state index is 12.6. The minimum atomic E-state index is -0.125. The number of hydrogen-bond acceptors (Lipinski definition) is 5. The van der Waals surface area contributed by atoms with Gasteiger partial charge in [0, 0.05) is 23.2 Å². The van der Waals surface area contributed by atoms with Crippen LogP contribution in [-0.4, -0.2) is 37.2 Å². The lowest BCUT2D eigenvalue weighted by Gasteiger charge is -2.08. The first-order chi connectivity index (χ1) is 12.9. The van der Waals surface area contributed by atoms with Crippen molar-refractivity contribution in [2.75, 3.05) is 21.3 Å². The molecule has 0 unspecified atom stereocenters. The minimum Gasteiger partial charge on any atom is -0.497 e. The number of aliphatic imine (C=N–C) groups is 1. The number of methoxy groups -OCH3 is 2. The van der Waals surface area contributed by atoms with E-state index in [2.05, 4.69) is 20.9 Å². The maximum absolute atomic E-state index is 12.6. The Morgan fingerprint density at radius 3 is 2.63 bits per heavy atom. The van der Waals surface area contributed by atoms with Crippen LogP contribution in [0.25, 0.3) is 6.08 Å². The molecule has 1 amide bonds. The number of amidine groups is 1. The lowest BCUT2D eigenvalue weighted by Crippen LogP contribution is -2.23. The predicted octanol–water partition coefficient (Wildman–Crippen LogP) is 5.35. The van der Waals surface area contributed by atoms with Crippen LogP contribution in [0.4, 0.5) is 5.69 Å². The maximum Gasteiger partial charge on any atom is 0.266 e. The predicted molar refractivity (Wildman–Crippen MR) is 114 cm³/mol. The first kappa shape index (κ1) is 19.8. The number of carbonyl (C=O) groups is 1. The summed E-state index contributed by atoms with van der Waals surface area (Å²) in [7, 11) is 4.87. The van der Waals surface area contributed by atoms with Crippen molar-refractivity contribution in [3.63, 3.8) is 0 Å². The Morgan fingerprint density at radius 2 is 1.96 bits per heavy atom. The third-order valence-corrected chi connectivity index (χ3v) is 6.15. The number of ether oxygens (including phenoxy) is 2. The molecular formula is C19H16BrClN2O3S. The highest BCUT2D eigenvalue weighted by atomic mass is 79.9. The number of benzene rings is 2. The Morgan fingerprint density at radius 1 is 1.19 bits per heavy atom. The van der Waals surface area contributed by atoms with Crippen molar-refractivity contribution in [2.45, 2.75) is 0 Å². The molecule has 1 heterocycles. The standard InChI is InChI=1S/C19H16BrClN2O3S/c1-23-18(24)17(8-11-4-6-13(25-2)10-16(11)26-3)27-19(23)22-12-5-7-14(20)15(21)9-12/h4-10H,1-3H3/b17-8-,22-19?. The van der Waals surface area contributed by atoms with Crippen molar-refractivity contribution in [3.05, 3.63) is 56.4 Å². The molecule has 1 aliphatic rings. The number of rotatable bonds is 4. The first-order valence-electron chi connectivity index (χ1n) is 7.86. The smallest absolute Gasteiger partial charge is 0.266 e. The molecule has 5 nitrogen and oxygen atoms in total. The van der Waals surface area contributed by atoms with Gasteiger partial charge in [-0.25, -0.2) is 4.99 Å². The zero-order chi connectivity index (χ0) is 19.6. The Hall–Kier alpha value is -1.96. The Bertz CT molecular complexity index is 962. The second kappa shape index (κ2) is 8.37. The summed E-state index contributed by atoms with van der Waals surface area (Å²) in [5.74, 6) is 1.19. The molecule has 0 aromatic heterocycles. The van der Waals surface area contributed by atoms with Gasteiger partial charge in [-0.05, 0) is 64.1 Å². The lowest BCUT2D eigenvalue weighted by molar-refractivity contribution is -0.121. The van der Waals surface area contributed by atoms with E-state index in [1.807, 2.05) is 24.3 Å². The molecule has 8 heteroatoms. The Balaban J connectivity index is 1.93. The van der Waals surface area contributed by atoms with E-state index in [0.717, 1.165) is 10.0 Å². The summed E-state index contributed by atoms with van der Waals surface area (Å²) >= 11 is 10.8. The molecule has 3 rings (SSSR count). The summed E-state index contributed by atoms with van der Waals surface area (Å²) in [5, 5.41) is 1.14. The van der Waals surface area contributed by atoms with E-state index in [1.165, 1.54) is 16.7 Å². The average molecular weight is 468 g/mol. The van der Waals surface area contributed by atoms with Crippen LogP contribution in [-0.2, 0) is 4.79 Å². The zero-order valence-corrected chi connectivity index (χ0v) is 18.0. The van der Waals surface area contributed by atoms with Crippen LogP contribution in [0.5, 0.6) is 11.5 Å². The van der Waals surface area contributed by atoms with Crippen molar-refractivity contribution in [3.8, 4) is 11.5 Å². The van der Waals surface area contributed by atoms with Crippen LogP contribution in [0, 0.1) is 0 Å². The van der Waals surface area contributed by atoms with Crippen LogP contribution in [0.15, 0.2) is 50.8 Å². The molecule has 27 heavy (non-hydrogen) atoms. The van der Waals surface area contributed by atoms with Gasteiger partial charge >= 0.3 is 0 Å². The third kappa shape index (κ3) is 4.31. The number of carbonyl (C=O) groups excluding carboxylic acids is 1. The van der Waals surface area contributed by atoms with E-state index < -0.39 is 0 Å². The number of thioether (sulfide) groups is 1. The highest BCUT2D eigenvalue weighted by molar-refractivity contribution is 9.10. The number of amides is 1. The monoisotopic (exact) mass is 466 g/mol. The molecule has 0 spiro atoms. The summed E-state index contributed by atoms with van der Waals surface area (Å²) < 4.78 is 11.4. The summed E-state index contributed by atoms with van der Waals surface area (Å²) in [6.45, 7) is 0. The van der Waals surface area contributed by atoms with Gasteiger partial charge in [-0.3, -0.25) is 9.69 Å². The molecule has 0 bridgehead atoms. The largest absolute Gasteiger partial charge is 0.497 e. The SMILES string of the molecule is COc1ccc(/C=C2\SC(=Nc3ccc(Br)c(Cl)c3)N(C)C2=O)c(OC)c1. The van der Waals surface area contributed by atoms with E-state index in [4.69, 9.17) is 21.1 Å². The summed E-state index contributed by atoms with van der Waals surface area (Å²) in [6, 6.07) is 10.8. The molecule has 1 fully saturated rings. The third-order valence-electron chi connectivity index (χ3n) is 3.86. The molecule has 140 valence electrons. The van der Waals surface area contributed by atoms with Gasteiger partial charge in [-0.2, -0.15) is 0 Å². The minimum absolute atomic E-state index is 0.125. The van der Waals surface area contributed by atoms with Crippen molar-refractivity contribution >= 4 is 62.1 Å². The number of nitrogens with zero attached hydrogens (tertiary/aromatic N) is 2. The Labute approximate surface area is 175 Å². The molecule has 2 aromatic carbocycles. The van der Waals surface area contributed by atoms with Gasteiger partial charge in [0.2, 0.25) is 0 Å². The topological polar surface area (TPSA) is 51.1 Å². The normalized spacial score (nSPS) is 17.1. The van der Waals surface area contributed by atoms with Crippen LogP contribution in [0.3, 0.4) is 0 Å². The summed E-state index contributed by atoms with van der Waals surface area (Å²) in [6.07, 6.45) is 1.79.